The lowest BCUT2D eigenvalue weighted by atomic mass is 9.91. The maximum Gasteiger partial charge on any atom is 0.164 e. The van der Waals surface area contributed by atoms with Gasteiger partial charge in [0.1, 0.15) is 22.3 Å². The number of rotatable bonds is 4. The smallest absolute Gasteiger partial charge is 0.164 e. The Morgan fingerprint density at radius 1 is 0.286 bits per heavy atom. The SMILES string of the molecule is c1ccc(-c2nc(-c3cccc4oc5ccccc5c34)nc(-c3cccc4oc5c(-c6ccc7c8ccccc8c8ccccc8c7c6)cccc5c34)n2)cc1. The van der Waals surface area contributed by atoms with E-state index in [1.807, 2.05) is 72.8 Å². The average molecular weight is 716 g/mol. The lowest BCUT2D eigenvalue weighted by molar-refractivity contribution is 0.669. The number of aromatic nitrogens is 3. The average Bonchev–Trinajstić information content (AvgIpc) is 3.85. The Morgan fingerprint density at radius 2 is 0.768 bits per heavy atom. The third-order valence-electron chi connectivity index (χ3n) is 11.1. The first-order valence-electron chi connectivity index (χ1n) is 18.8. The standard InChI is InChI=1S/C51H29N3O2/c1-2-13-30(14-3-1)49-52-50(40-22-11-25-44-46(40)38-19-8-9-24-43(38)55-44)54-51(53-49)41-23-12-26-45-47(41)39-21-10-20-32(48(39)56-45)31-27-28-37-35-17-5-4-15-33(35)34-16-6-7-18-36(34)42(37)29-31/h1-29H. The topological polar surface area (TPSA) is 65.0 Å². The Balaban J connectivity index is 1.09. The molecular formula is C51H29N3O2. The van der Waals surface area contributed by atoms with E-state index in [-0.39, 0.29) is 0 Å². The van der Waals surface area contributed by atoms with E-state index in [2.05, 4.69) is 103 Å². The van der Waals surface area contributed by atoms with Crippen LogP contribution in [-0.4, -0.2) is 15.0 Å². The lowest BCUT2D eigenvalue weighted by Crippen LogP contribution is -2.00. The Labute approximate surface area is 320 Å². The summed E-state index contributed by atoms with van der Waals surface area (Å²) in [6.07, 6.45) is 0. The zero-order valence-electron chi connectivity index (χ0n) is 29.9. The summed E-state index contributed by atoms with van der Waals surface area (Å²) >= 11 is 0. The van der Waals surface area contributed by atoms with E-state index >= 15 is 0 Å². The Bertz CT molecular complexity index is 3510. The van der Waals surface area contributed by atoms with Crippen molar-refractivity contribution in [3.63, 3.8) is 0 Å². The molecule has 0 atom stereocenters. The molecule has 0 unspecified atom stereocenters. The van der Waals surface area contributed by atoms with E-state index in [1.165, 1.54) is 32.3 Å². The predicted molar refractivity (Wildman–Crippen MR) is 229 cm³/mol. The minimum Gasteiger partial charge on any atom is -0.456 e. The molecule has 56 heavy (non-hydrogen) atoms. The van der Waals surface area contributed by atoms with E-state index in [4.69, 9.17) is 23.8 Å². The highest BCUT2D eigenvalue weighted by molar-refractivity contribution is 6.26. The van der Waals surface area contributed by atoms with Gasteiger partial charge in [0, 0.05) is 43.8 Å². The quantitative estimate of drug-likeness (QED) is 0.170. The molecule has 0 radical (unpaired) electrons. The normalized spacial score (nSPS) is 11.9. The molecule has 0 aliphatic heterocycles. The van der Waals surface area contributed by atoms with Crippen molar-refractivity contribution in [1.29, 1.82) is 0 Å². The summed E-state index contributed by atoms with van der Waals surface area (Å²) in [5, 5.41) is 11.4. The maximum atomic E-state index is 6.81. The van der Waals surface area contributed by atoms with Gasteiger partial charge in [-0.05, 0) is 62.1 Å². The van der Waals surface area contributed by atoms with Gasteiger partial charge in [-0.3, -0.25) is 0 Å². The number of fused-ring (bicyclic) bond motifs is 12. The van der Waals surface area contributed by atoms with Gasteiger partial charge in [0.2, 0.25) is 0 Å². The van der Waals surface area contributed by atoms with Crippen molar-refractivity contribution in [3.05, 3.63) is 176 Å². The van der Waals surface area contributed by atoms with Crippen molar-refractivity contribution < 1.29 is 8.83 Å². The lowest BCUT2D eigenvalue weighted by Gasteiger charge is -2.12. The second-order valence-corrected chi connectivity index (χ2v) is 14.3. The third-order valence-corrected chi connectivity index (χ3v) is 11.1. The molecule has 0 fully saturated rings. The van der Waals surface area contributed by atoms with Crippen molar-refractivity contribution in [1.82, 2.24) is 15.0 Å². The van der Waals surface area contributed by atoms with Gasteiger partial charge in [-0.25, -0.2) is 15.0 Å². The van der Waals surface area contributed by atoms with Gasteiger partial charge in [-0.2, -0.15) is 0 Å². The van der Waals surface area contributed by atoms with Crippen molar-refractivity contribution in [2.45, 2.75) is 0 Å². The molecule has 5 nitrogen and oxygen atoms in total. The molecule has 260 valence electrons. The minimum atomic E-state index is 0.571. The van der Waals surface area contributed by atoms with Crippen molar-refractivity contribution >= 4 is 76.2 Å². The third kappa shape index (κ3) is 4.58. The highest BCUT2D eigenvalue weighted by atomic mass is 16.3. The molecule has 9 aromatic carbocycles. The first kappa shape index (κ1) is 30.8. The zero-order valence-corrected chi connectivity index (χ0v) is 29.9. The number of benzene rings is 9. The maximum absolute atomic E-state index is 6.81. The molecule has 0 bridgehead atoms. The highest BCUT2D eigenvalue weighted by Gasteiger charge is 2.21. The summed E-state index contributed by atoms with van der Waals surface area (Å²) in [6.45, 7) is 0. The summed E-state index contributed by atoms with van der Waals surface area (Å²) in [5.74, 6) is 1.74. The molecule has 0 amide bonds. The van der Waals surface area contributed by atoms with Gasteiger partial charge < -0.3 is 8.83 Å². The Morgan fingerprint density at radius 3 is 1.46 bits per heavy atom. The van der Waals surface area contributed by atoms with E-state index in [0.717, 1.165) is 71.7 Å². The van der Waals surface area contributed by atoms with E-state index in [0.29, 0.717) is 17.5 Å². The summed E-state index contributed by atoms with van der Waals surface area (Å²) in [6, 6.07) is 60.9. The van der Waals surface area contributed by atoms with Crippen LogP contribution in [-0.2, 0) is 0 Å². The van der Waals surface area contributed by atoms with Crippen molar-refractivity contribution in [2.24, 2.45) is 0 Å². The van der Waals surface area contributed by atoms with Gasteiger partial charge in [0.05, 0.1) is 0 Å². The molecule has 3 aromatic heterocycles. The molecule has 0 saturated carbocycles. The monoisotopic (exact) mass is 715 g/mol. The molecule has 5 heteroatoms. The largest absolute Gasteiger partial charge is 0.456 e. The number of nitrogens with zero attached hydrogens (tertiary/aromatic N) is 3. The predicted octanol–water partition coefficient (Wildman–Crippen LogP) is 13.8. The molecule has 0 saturated heterocycles. The fourth-order valence-corrected chi connectivity index (χ4v) is 8.63. The molecule has 12 rings (SSSR count). The highest BCUT2D eigenvalue weighted by Crippen LogP contribution is 2.43. The molecule has 0 N–H and O–H groups in total. The van der Waals surface area contributed by atoms with Gasteiger partial charge in [0.25, 0.3) is 0 Å². The second-order valence-electron chi connectivity index (χ2n) is 14.3. The molecule has 3 heterocycles. The first-order valence-corrected chi connectivity index (χ1v) is 18.8. The summed E-state index contributed by atoms with van der Waals surface area (Å²) in [4.78, 5) is 15.5. The van der Waals surface area contributed by atoms with Crippen LogP contribution in [0.4, 0.5) is 0 Å². The van der Waals surface area contributed by atoms with Gasteiger partial charge in [0.15, 0.2) is 17.5 Å². The summed E-state index contributed by atoms with van der Waals surface area (Å²) in [7, 11) is 0. The number of furan rings is 2. The van der Waals surface area contributed by atoms with E-state index in [1.54, 1.807) is 0 Å². The molecular weight excluding hydrogens is 687 g/mol. The fraction of sp³-hybridized carbons (Fsp3) is 0. The molecule has 0 aliphatic rings. The summed E-state index contributed by atoms with van der Waals surface area (Å²) in [5.41, 5.74) is 8.01. The minimum absolute atomic E-state index is 0.571. The Hall–Kier alpha value is -7.63. The van der Waals surface area contributed by atoms with Gasteiger partial charge in [-0.15, -0.1) is 0 Å². The van der Waals surface area contributed by atoms with Crippen molar-refractivity contribution in [3.8, 4) is 45.3 Å². The van der Waals surface area contributed by atoms with E-state index < -0.39 is 0 Å². The van der Waals surface area contributed by atoms with Crippen LogP contribution in [0.5, 0.6) is 0 Å². The van der Waals surface area contributed by atoms with Crippen LogP contribution in [0.3, 0.4) is 0 Å². The van der Waals surface area contributed by atoms with Crippen LogP contribution < -0.4 is 0 Å². The van der Waals surface area contributed by atoms with Crippen molar-refractivity contribution in [2.75, 3.05) is 0 Å². The van der Waals surface area contributed by atoms with Crippen LogP contribution in [0.1, 0.15) is 0 Å². The van der Waals surface area contributed by atoms with Crippen LogP contribution in [0.2, 0.25) is 0 Å². The van der Waals surface area contributed by atoms with Gasteiger partial charge >= 0.3 is 0 Å². The molecule has 0 aliphatic carbocycles. The Kier molecular flexibility index (Phi) is 6.56. The number of hydrogen-bond donors (Lipinski definition) is 0. The summed E-state index contributed by atoms with van der Waals surface area (Å²) < 4.78 is 13.1. The number of para-hydroxylation sites is 2. The van der Waals surface area contributed by atoms with Crippen LogP contribution in [0, 0.1) is 0 Å². The molecule has 0 spiro atoms. The van der Waals surface area contributed by atoms with Crippen LogP contribution in [0.15, 0.2) is 185 Å². The molecule has 12 aromatic rings. The van der Waals surface area contributed by atoms with Crippen LogP contribution in [0.25, 0.3) is 121 Å². The van der Waals surface area contributed by atoms with Crippen LogP contribution >= 0.6 is 0 Å². The zero-order chi connectivity index (χ0) is 36.7. The van der Waals surface area contributed by atoms with E-state index in [9.17, 15) is 0 Å². The first-order chi connectivity index (χ1) is 27.8. The fourth-order valence-electron chi connectivity index (χ4n) is 8.63. The number of hydrogen-bond acceptors (Lipinski definition) is 5. The second kappa shape index (κ2) is 11.9. The van der Waals surface area contributed by atoms with Gasteiger partial charge in [-0.1, -0.05) is 152 Å².